The fraction of sp³-hybridized carbons (Fsp3) is 0.533. The summed E-state index contributed by atoms with van der Waals surface area (Å²) in [4.78, 5) is 10.3. The predicted octanol–water partition coefficient (Wildman–Crippen LogP) is 2.79. The number of benzene rings is 1. The maximum atomic E-state index is 10.8. The quantitative estimate of drug-likeness (QED) is 0.665. The summed E-state index contributed by atoms with van der Waals surface area (Å²) in [5, 5.41) is 23.5. The Kier molecular flexibility index (Phi) is 4.43. The molecule has 0 radical (unpaired) electrons. The van der Waals surface area contributed by atoms with E-state index in [0.717, 1.165) is 12.8 Å². The van der Waals surface area contributed by atoms with E-state index in [4.69, 9.17) is 4.74 Å². The number of nitriles is 1. The zero-order valence-corrected chi connectivity index (χ0v) is 12.2. The number of non-ortho nitro benzene ring substituents is 1. The van der Waals surface area contributed by atoms with Gasteiger partial charge in [-0.05, 0) is 32.8 Å². The van der Waals surface area contributed by atoms with E-state index in [0.29, 0.717) is 12.2 Å². The number of hydrogen-bond acceptors (Lipinski definition) is 5. The fourth-order valence-corrected chi connectivity index (χ4v) is 2.78. The minimum atomic E-state index is -0.556. The lowest BCUT2D eigenvalue weighted by molar-refractivity contribution is -0.384. The minimum absolute atomic E-state index is 0.0114. The molecule has 0 bridgehead atoms. The van der Waals surface area contributed by atoms with Crippen LogP contribution in [-0.2, 0) is 0 Å². The van der Waals surface area contributed by atoms with Crippen LogP contribution in [0.15, 0.2) is 24.3 Å². The SMILES string of the molecule is CC(C)NC1(C#N)CCC(Oc2cccc([N+](=O)[O-])c2)C1. The Morgan fingerprint density at radius 1 is 1.57 bits per heavy atom. The van der Waals surface area contributed by atoms with Gasteiger partial charge < -0.3 is 4.74 Å². The van der Waals surface area contributed by atoms with Gasteiger partial charge in [-0.15, -0.1) is 0 Å². The summed E-state index contributed by atoms with van der Waals surface area (Å²) in [5.74, 6) is 0.479. The Labute approximate surface area is 123 Å². The average molecular weight is 289 g/mol. The molecule has 1 N–H and O–H groups in total. The molecule has 0 amide bonds. The van der Waals surface area contributed by atoms with Crippen LogP contribution >= 0.6 is 0 Å². The van der Waals surface area contributed by atoms with Crippen molar-refractivity contribution in [2.75, 3.05) is 0 Å². The standard InChI is InChI=1S/C15H19N3O3/c1-11(2)17-15(10-16)7-6-14(9-15)21-13-5-3-4-12(8-13)18(19)20/h3-5,8,11,14,17H,6-7,9H2,1-2H3. The number of nitro groups is 1. The number of nitrogens with one attached hydrogen (secondary N) is 1. The second-order valence-electron chi connectivity index (χ2n) is 5.73. The molecule has 21 heavy (non-hydrogen) atoms. The average Bonchev–Trinajstić information content (AvgIpc) is 2.82. The van der Waals surface area contributed by atoms with Crippen LogP contribution in [0.5, 0.6) is 5.75 Å². The molecule has 0 aliphatic heterocycles. The topological polar surface area (TPSA) is 88.2 Å². The van der Waals surface area contributed by atoms with Crippen LogP contribution in [0.2, 0.25) is 0 Å². The van der Waals surface area contributed by atoms with Gasteiger partial charge in [0.05, 0.1) is 17.1 Å². The maximum absolute atomic E-state index is 10.8. The van der Waals surface area contributed by atoms with Crippen molar-refractivity contribution in [3.8, 4) is 11.8 Å². The second-order valence-corrected chi connectivity index (χ2v) is 5.73. The first-order chi connectivity index (χ1) is 9.94. The van der Waals surface area contributed by atoms with Crippen LogP contribution in [-0.4, -0.2) is 22.6 Å². The highest BCUT2D eigenvalue weighted by molar-refractivity contribution is 5.38. The molecular weight excluding hydrogens is 270 g/mol. The molecule has 0 aromatic heterocycles. The Bertz CT molecular complexity index is 568. The van der Waals surface area contributed by atoms with Gasteiger partial charge in [0.25, 0.3) is 5.69 Å². The number of ether oxygens (including phenoxy) is 1. The highest BCUT2D eigenvalue weighted by Crippen LogP contribution is 2.33. The number of rotatable bonds is 5. The van der Waals surface area contributed by atoms with Gasteiger partial charge >= 0.3 is 0 Å². The lowest BCUT2D eigenvalue weighted by Crippen LogP contribution is -2.46. The first kappa shape index (κ1) is 15.3. The molecule has 6 heteroatoms. The summed E-state index contributed by atoms with van der Waals surface area (Å²) in [7, 11) is 0. The predicted molar refractivity (Wildman–Crippen MR) is 78.0 cm³/mol. The van der Waals surface area contributed by atoms with Gasteiger partial charge in [0.2, 0.25) is 0 Å². The first-order valence-corrected chi connectivity index (χ1v) is 7.04. The number of nitro benzene ring substituents is 1. The molecule has 1 fully saturated rings. The Balaban J connectivity index is 2.04. The van der Waals surface area contributed by atoms with Crippen LogP contribution in [0.3, 0.4) is 0 Å². The molecule has 2 atom stereocenters. The van der Waals surface area contributed by atoms with Gasteiger partial charge in [0, 0.05) is 18.5 Å². The van der Waals surface area contributed by atoms with Crippen LogP contribution in [0.25, 0.3) is 0 Å². The highest BCUT2D eigenvalue weighted by Gasteiger charge is 2.40. The Hall–Kier alpha value is -2.13. The van der Waals surface area contributed by atoms with Gasteiger partial charge in [-0.2, -0.15) is 5.26 Å². The van der Waals surface area contributed by atoms with E-state index < -0.39 is 10.5 Å². The molecule has 1 aromatic carbocycles. The summed E-state index contributed by atoms with van der Waals surface area (Å²) in [6, 6.07) is 8.74. The summed E-state index contributed by atoms with van der Waals surface area (Å²) >= 11 is 0. The largest absolute Gasteiger partial charge is 0.490 e. The lowest BCUT2D eigenvalue weighted by Gasteiger charge is -2.25. The molecule has 0 spiro atoms. The third-order valence-corrected chi connectivity index (χ3v) is 3.58. The van der Waals surface area contributed by atoms with Gasteiger partial charge in [-0.25, -0.2) is 0 Å². The Morgan fingerprint density at radius 2 is 2.33 bits per heavy atom. The van der Waals surface area contributed by atoms with E-state index >= 15 is 0 Å². The number of nitrogens with zero attached hydrogens (tertiary/aromatic N) is 2. The monoisotopic (exact) mass is 289 g/mol. The molecular formula is C15H19N3O3. The summed E-state index contributed by atoms with van der Waals surface area (Å²) < 4.78 is 5.81. The summed E-state index contributed by atoms with van der Waals surface area (Å²) in [6.45, 7) is 4.02. The van der Waals surface area contributed by atoms with Crippen molar-refractivity contribution in [1.82, 2.24) is 5.32 Å². The zero-order chi connectivity index (χ0) is 15.5. The van der Waals surface area contributed by atoms with E-state index in [1.54, 1.807) is 12.1 Å². The van der Waals surface area contributed by atoms with Crippen LogP contribution in [0, 0.1) is 21.4 Å². The van der Waals surface area contributed by atoms with E-state index in [1.165, 1.54) is 12.1 Å². The van der Waals surface area contributed by atoms with Crippen LogP contribution in [0.4, 0.5) is 5.69 Å². The normalized spacial score (nSPS) is 24.8. The van der Waals surface area contributed by atoms with Gasteiger partial charge in [0.1, 0.15) is 17.4 Å². The van der Waals surface area contributed by atoms with Crippen molar-refractivity contribution in [2.45, 2.75) is 50.8 Å². The molecule has 2 rings (SSSR count). The molecule has 1 aromatic rings. The van der Waals surface area contributed by atoms with Gasteiger partial charge in [0.15, 0.2) is 0 Å². The first-order valence-electron chi connectivity index (χ1n) is 7.04. The fourth-order valence-electron chi connectivity index (χ4n) is 2.78. The van der Waals surface area contributed by atoms with Crippen molar-refractivity contribution < 1.29 is 9.66 Å². The third kappa shape index (κ3) is 3.70. The van der Waals surface area contributed by atoms with Crippen molar-refractivity contribution >= 4 is 5.69 Å². The smallest absolute Gasteiger partial charge is 0.273 e. The van der Waals surface area contributed by atoms with E-state index in [9.17, 15) is 15.4 Å². The third-order valence-electron chi connectivity index (χ3n) is 3.58. The summed E-state index contributed by atoms with van der Waals surface area (Å²) in [5.41, 5.74) is -0.545. The van der Waals surface area contributed by atoms with Crippen LogP contribution in [0.1, 0.15) is 33.1 Å². The maximum Gasteiger partial charge on any atom is 0.273 e. The molecule has 0 saturated heterocycles. The molecule has 6 nitrogen and oxygen atoms in total. The zero-order valence-electron chi connectivity index (χ0n) is 12.2. The lowest BCUT2D eigenvalue weighted by atomic mass is 9.98. The van der Waals surface area contributed by atoms with Crippen LogP contribution < -0.4 is 10.1 Å². The van der Waals surface area contributed by atoms with Crippen molar-refractivity contribution in [3.05, 3.63) is 34.4 Å². The Morgan fingerprint density at radius 3 is 2.95 bits per heavy atom. The van der Waals surface area contributed by atoms with Gasteiger partial charge in [-0.1, -0.05) is 6.07 Å². The van der Waals surface area contributed by atoms with E-state index in [-0.39, 0.29) is 17.8 Å². The molecule has 112 valence electrons. The minimum Gasteiger partial charge on any atom is -0.490 e. The van der Waals surface area contributed by atoms with Crippen molar-refractivity contribution in [1.29, 1.82) is 5.26 Å². The van der Waals surface area contributed by atoms with Crippen molar-refractivity contribution in [2.24, 2.45) is 0 Å². The molecule has 1 saturated carbocycles. The molecule has 2 unspecified atom stereocenters. The molecule has 1 aliphatic rings. The van der Waals surface area contributed by atoms with Crippen molar-refractivity contribution in [3.63, 3.8) is 0 Å². The van der Waals surface area contributed by atoms with E-state index in [1.807, 2.05) is 13.8 Å². The highest BCUT2D eigenvalue weighted by atomic mass is 16.6. The van der Waals surface area contributed by atoms with Gasteiger partial charge in [-0.3, -0.25) is 15.4 Å². The number of hydrogen-bond donors (Lipinski definition) is 1. The molecule has 1 aliphatic carbocycles. The second kappa shape index (κ2) is 6.10. The molecule has 0 heterocycles. The summed E-state index contributed by atoms with van der Waals surface area (Å²) in [6.07, 6.45) is 1.97. The van der Waals surface area contributed by atoms with E-state index in [2.05, 4.69) is 11.4 Å².